The van der Waals surface area contributed by atoms with E-state index in [1.54, 1.807) is 18.7 Å². The summed E-state index contributed by atoms with van der Waals surface area (Å²) < 4.78 is 5.49. The lowest BCUT2D eigenvalue weighted by atomic mass is 10.4. The molecule has 0 bridgehead atoms. The van der Waals surface area contributed by atoms with Crippen LogP contribution in [0.1, 0.15) is 5.69 Å². The summed E-state index contributed by atoms with van der Waals surface area (Å²) in [7, 11) is 0. The SMILES string of the molecule is c1ccc(COc2nc3nc[nH]c3c[nH+]2)nc1. The smallest absolute Gasteiger partial charge is 0.422 e. The summed E-state index contributed by atoms with van der Waals surface area (Å²) in [5.74, 6) is 0. The fraction of sp³-hybridized carbons (Fsp3) is 0.0909. The van der Waals surface area contributed by atoms with Crippen LogP contribution in [0.25, 0.3) is 11.2 Å². The third-order valence-corrected chi connectivity index (χ3v) is 2.28. The van der Waals surface area contributed by atoms with Crippen molar-refractivity contribution in [2.75, 3.05) is 0 Å². The van der Waals surface area contributed by atoms with Crippen LogP contribution in [0.15, 0.2) is 36.9 Å². The van der Waals surface area contributed by atoms with Gasteiger partial charge in [0, 0.05) is 11.2 Å². The van der Waals surface area contributed by atoms with Crippen LogP contribution in [-0.2, 0) is 6.61 Å². The molecule has 0 saturated heterocycles. The van der Waals surface area contributed by atoms with Crippen LogP contribution in [-0.4, -0.2) is 19.9 Å². The molecule has 0 radical (unpaired) electrons. The van der Waals surface area contributed by atoms with Crippen LogP contribution < -0.4 is 9.72 Å². The summed E-state index contributed by atoms with van der Waals surface area (Å²) >= 11 is 0. The number of nitrogens with one attached hydrogen (secondary N) is 2. The maximum atomic E-state index is 5.49. The van der Waals surface area contributed by atoms with E-state index in [9.17, 15) is 0 Å². The second-order valence-electron chi connectivity index (χ2n) is 3.46. The summed E-state index contributed by atoms with van der Waals surface area (Å²) in [6.45, 7) is 0.375. The molecule has 0 aliphatic heterocycles. The van der Waals surface area contributed by atoms with E-state index < -0.39 is 0 Å². The van der Waals surface area contributed by atoms with Gasteiger partial charge >= 0.3 is 6.01 Å². The third-order valence-electron chi connectivity index (χ3n) is 2.28. The lowest BCUT2D eigenvalue weighted by molar-refractivity contribution is -0.398. The normalized spacial score (nSPS) is 10.6. The van der Waals surface area contributed by atoms with E-state index in [0.29, 0.717) is 18.3 Å². The standard InChI is InChI=1S/C11H9N5O/c1-2-4-12-8(3-1)6-17-11-13-5-9-10(16-11)15-7-14-9/h1-5,7H,6H2,(H,13,14,15,16)/p+1. The highest BCUT2D eigenvalue weighted by Crippen LogP contribution is 2.06. The number of fused-ring (bicyclic) bond motifs is 1. The Bertz CT molecular complexity index is 622. The number of H-pyrrole nitrogens is 2. The average Bonchev–Trinajstić information content (AvgIpc) is 2.85. The monoisotopic (exact) mass is 228 g/mol. The lowest BCUT2D eigenvalue weighted by Crippen LogP contribution is -2.12. The molecule has 2 N–H and O–H groups in total. The van der Waals surface area contributed by atoms with E-state index in [4.69, 9.17) is 4.74 Å². The molecule has 0 aliphatic rings. The minimum atomic E-state index is 0.375. The van der Waals surface area contributed by atoms with Crippen LogP contribution in [0.5, 0.6) is 6.01 Å². The predicted octanol–water partition coefficient (Wildman–Crippen LogP) is 0.746. The first-order valence-electron chi connectivity index (χ1n) is 5.16. The zero-order valence-electron chi connectivity index (χ0n) is 8.92. The van der Waals surface area contributed by atoms with E-state index in [2.05, 4.69) is 24.9 Å². The van der Waals surface area contributed by atoms with E-state index >= 15 is 0 Å². The number of hydrogen-bond acceptors (Lipinski definition) is 4. The molecule has 84 valence electrons. The summed E-state index contributed by atoms with van der Waals surface area (Å²) in [5.41, 5.74) is 2.32. The zero-order valence-corrected chi connectivity index (χ0v) is 8.92. The van der Waals surface area contributed by atoms with Crippen molar-refractivity contribution in [3.05, 3.63) is 42.6 Å². The highest BCUT2D eigenvalue weighted by atomic mass is 16.5. The molecule has 0 saturated carbocycles. The Morgan fingerprint density at radius 1 is 1.29 bits per heavy atom. The molecule has 3 rings (SSSR count). The summed E-state index contributed by atoms with van der Waals surface area (Å²) in [6, 6.07) is 6.10. The van der Waals surface area contributed by atoms with Gasteiger partial charge in [-0.3, -0.25) is 4.98 Å². The Balaban J connectivity index is 1.76. The van der Waals surface area contributed by atoms with Gasteiger partial charge in [0.15, 0.2) is 5.52 Å². The van der Waals surface area contributed by atoms with Crippen molar-refractivity contribution >= 4 is 11.2 Å². The van der Waals surface area contributed by atoms with Crippen molar-refractivity contribution in [3.63, 3.8) is 0 Å². The zero-order chi connectivity index (χ0) is 11.5. The maximum absolute atomic E-state index is 5.49. The quantitative estimate of drug-likeness (QED) is 0.717. The highest BCUT2D eigenvalue weighted by Gasteiger charge is 2.11. The molecule has 0 aromatic carbocycles. The first-order valence-corrected chi connectivity index (χ1v) is 5.16. The molecule has 0 spiro atoms. The molecule has 0 unspecified atom stereocenters. The number of aromatic nitrogens is 5. The number of rotatable bonds is 3. The summed E-state index contributed by atoms with van der Waals surface area (Å²) in [5, 5.41) is 0. The number of ether oxygens (including phenoxy) is 1. The Labute approximate surface area is 96.7 Å². The Morgan fingerprint density at radius 3 is 3.18 bits per heavy atom. The van der Waals surface area contributed by atoms with Crippen LogP contribution in [0.4, 0.5) is 0 Å². The first-order chi connectivity index (χ1) is 8.42. The minimum absolute atomic E-state index is 0.375. The fourth-order valence-electron chi connectivity index (χ4n) is 1.45. The number of aromatic amines is 2. The van der Waals surface area contributed by atoms with Gasteiger partial charge in [-0.2, -0.15) is 4.98 Å². The number of imidazole rings is 1. The van der Waals surface area contributed by atoms with E-state index in [-0.39, 0.29) is 0 Å². The Kier molecular flexibility index (Phi) is 2.38. The van der Waals surface area contributed by atoms with Gasteiger partial charge in [-0.1, -0.05) is 6.07 Å². The van der Waals surface area contributed by atoms with E-state index in [1.165, 1.54) is 0 Å². The maximum Gasteiger partial charge on any atom is 0.498 e. The minimum Gasteiger partial charge on any atom is -0.422 e. The van der Waals surface area contributed by atoms with Crippen LogP contribution in [0.2, 0.25) is 0 Å². The molecular formula is C11H10N5O+. The van der Waals surface area contributed by atoms with Crippen LogP contribution in [0, 0.1) is 0 Å². The molecule has 0 atom stereocenters. The number of pyridine rings is 1. The van der Waals surface area contributed by atoms with E-state index in [0.717, 1.165) is 11.2 Å². The molecule has 3 aromatic heterocycles. The van der Waals surface area contributed by atoms with Crippen molar-refractivity contribution in [1.29, 1.82) is 0 Å². The van der Waals surface area contributed by atoms with Crippen molar-refractivity contribution in [1.82, 2.24) is 19.9 Å². The van der Waals surface area contributed by atoms with Gasteiger partial charge in [-0.05, 0) is 12.1 Å². The number of hydrogen-bond donors (Lipinski definition) is 1. The molecular weight excluding hydrogens is 218 g/mol. The van der Waals surface area contributed by atoms with Gasteiger partial charge in [-0.25, -0.2) is 4.98 Å². The summed E-state index contributed by atoms with van der Waals surface area (Å²) in [4.78, 5) is 18.3. The van der Waals surface area contributed by atoms with Gasteiger partial charge in [0.05, 0.1) is 12.0 Å². The van der Waals surface area contributed by atoms with Gasteiger partial charge < -0.3 is 9.72 Å². The molecule has 3 heterocycles. The largest absolute Gasteiger partial charge is 0.498 e. The van der Waals surface area contributed by atoms with Crippen molar-refractivity contribution in [3.8, 4) is 6.01 Å². The topological polar surface area (TPSA) is 77.8 Å². The molecule has 0 fully saturated rings. The number of nitrogens with zero attached hydrogens (tertiary/aromatic N) is 3. The molecule has 3 aromatic rings. The Morgan fingerprint density at radius 2 is 2.29 bits per heavy atom. The average molecular weight is 228 g/mol. The van der Waals surface area contributed by atoms with Crippen molar-refractivity contribution in [2.45, 2.75) is 6.61 Å². The van der Waals surface area contributed by atoms with Gasteiger partial charge in [0.1, 0.15) is 12.8 Å². The highest BCUT2D eigenvalue weighted by molar-refractivity contribution is 5.67. The molecule has 17 heavy (non-hydrogen) atoms. The second-order valence-corrected chi connectivity index (χ2v) is 3.46. The summed E-state index contributed by atoms with van der Waals surface area (Å²) in [6.07, 6.45) is 5.09. The van der Waals surface area contributed by atoms with Gasteiger partial charge in [-0.15, -0.1) is 0 Å². The third kappa shape index (κ3) is 2.05. The van der Waals surface area contributed by atoms with Crippen molar-refractivity contribution in [2.24, 2.45) is 0 Å². The van der Waals surface area contributed by atoms with E-state index in [1.807, 2.05) is 18.2 Å². The molecule has 0 aliphatic carbocycles. The van der Waals surface area contributed by atoms with Crippen molar-refractivity contribution < 1.29 is 9.72 Å². The molecule has 6 nitrogen and oxygen atoms in total. The molecule has 6 heteroatoms. The Hall–Kier alpha value is -2.50. The first kappa shape index (κ1) is 9.71. The second kappa shape index (κ2) is 4.17. The lowest BCUT2D eigenvalue weighted by Gasteiger charge is -1.98. The van der Waals surface area contributed by atoms with Gasteiger partial charge in [0.25, 0.3) is 5.65 Å². The molecule has 0 amide bonds. The van der Waals surface area contributed by atoms with Crippen LogP contribution in [0.3, 0.4) is 0 Å². The van der Waals surface area contributed by atoms with Gasteiger partial charge in [0.2, 0.25) is 0 Å². The predicted molar refractivity (Wildman–Crippen MR) is 59.0 cm³/mol. The fourth-order valence-corrected chi connectivity index (χ4v) is 1.45. The van der Waals surface area contributed by atoms with Crippen LogP contribution >= 0.6 is 0 Å².